The summed E-state index contributed by atoms with van der Waals surface area (Å²) in [5.74, 6) is -0.416. The maximum atomic E-state index is 10.9. The molecule has 0 aliphatic heterocycles. The third-order valence-corrected chi connectivity index (χ3v) is 2.37. The van der Waals surface area contributed by atoms with E-state index in [-0.39, 0.29) is 18.6 Å². The van der Waals surface area contributed by atoms with E-state index in [9.17, 15) is 4.79 Å². The molecule has 0 aliphatic carbocycles. The van der Waals surface area contributed by atoms with Crippen LogP contribution in [-0.4, -0.2) is 28.0 Å². The second kappa shape index (κ2) is 5.07. The number of hydrogen-bond donors (Lipinski definition) is 1. The van der Waals surface area contributed by atoms with E-state index in [1.54, 1.807) is 11.8 Å². The van der Waals surface area contributed by atoms with Crippen LogP contribution in [0, 0.1) is 0 Å². The van der Waals surface area contributed by atoms with Crippen molar-refractivity contribution in [2.45, 2.75) is 39.3 Å². The molecule has 1 rings (SSSR count). The summed E-state index contributed by atoms with van der Waals surface area (Å²) in [4.78, 5) is 10.9. The zero-order chi connectivity index (χ0) is 12.3. The second-order valence-corrected chi connectivity index (χ2v) is 3.98. The van der Waals surface area contributed by atoms with Crippen molar-refractivity contribution in [3.05, 3.63) is 11.4 Å². The predicted octanol–water partition coefficient (Wildman–Crippen LogP) is 0.594. The second-order valence-electron chi connectivity index (χ2n) is 3.98. The van der Waals surface area contributed by atoms with Crippen LogP contribution < -0.4 is 5.73 Å². The van der Waals surface area contributed by atoms with E-state index < -0.39 is 5.91 Å². The molecule has 0 saturated carbocycles. The third kappa shape index (κ3) is 2.57. The molecule has 0 radical (unpaired) electrons. The first-order valence-electron chi connectivity index (χ1n) is 5.22. The van der Waals surface area contributed by atoms with Gasteiger partial charge in [0.05, 0.1) is 23.9 Å². The Morgan fingerprint density at radius 2 is 2.12 bits per heavy atom. The molecular weight excluding hydrogens is 208 g/mol. The number of nitrogens with two attached hydrogens (primary N) is 1. The molecule has 1 atom stereocenters. The standard InChI is InChI=1S/C10H18N4O2/c1-6(2)14-10(7(3)16-4)8(12-13-14)5-9(11)15/h6-7H,5H2,1-4H3,(H2,11,15). The minimum Gasteiger partial charge on any atom is -0.375 e. The first-order valence-corrected chi connectivity index (χ1v) is 5.22. The largest absolute Gasteiger partial charge is 0.375 e. The van der Waals surface area contributed by atoms with Gasteiger partial charge in [0.2, 0.25) is 5.91 Å². The molecule has 1 aromatic rings. The number of nitrogens with zero attached hydrogens (tertiary/aromatic N) is 3. The fourth-order valence-corrected chi connectivity index (χ4v) is 1.54. The Balaban J connectivity index is 3.13. The van der Waals surface area contributed by atoms with Crippen LogP contribution in [0.25, 0.3) is 0 Å². The molecule has 1 aromatic heterocycles. The molecule has 1 heterocycles. The van der Waals surface area contributed by atoms with Crippen molar-refractivity contribution in [3.8, 4) is 0 Å². The molecule has 0 aliphatic rings. The van der Waals surface area contributed by atoms with E-state index in [0.717, 1.165) is 5.69 Å². The first-order chi connectivity index (χ1) is 7.47. The van der Waals surface area contributed by atoms with Gasteiger partial charge in [-0.2, -0.15) is 0 Å². The van der Waals surface area contributed by atoms with E-state index in [1.165, 1.54) is 0 Å². The van der Waals surface area contributed by atoms with E-state index >= 15 is 0 Å². The summed E-state index contributed by atoms with van der Waals surface area (Å²) in [5, 5.41) is 8.00. The van der Waals surface area contributed by atoms with Crippen molar-refractivity contribution in [1.82, 2.24) is 15.0 Å². The van der Waals surface area contributed by atoms with Crippen LogP contribution in [0.3, 0.4) is 0 Å². The lowest BCUT2D eigenvalue weighted by Crippen LogP contribution is -2.17. The normalized spacial score (nSPS) is 13.1. The Labute approximate surface area is 94.8 Å². The van der Waals surface area contributed by atoms with Gasteiger partial charge in [0, 0.05) is 13.2 Å². The van der Waals surface area contributed by atoms with Crippen LogP contribution in [0.4, 0.5) is 0 Å². The van der Waals surface area contributed by atoms with Gasteiger partial charge in [-0.25, -0.2) is 4.68 Å². The van der Waals surface area contributed by atoms with Gasteiger partial charge in [-0.05, 0) is 20.8 Å². The number of carbonyl (C=O) groups is 1. The number of aromatic nitrogens is 3. The Morgan fingerprint density at radius 3 is 2.56 bits per heavy atom. The minimum absolute atomic E-state index is 0.0930. The summed E-state index contributed by atoms with van der Waals surface area (Å²) in [6.07, 6.45) is -0.0674. The highest BCUT2D eigenvalue weighted by molar-refractivity contribution is 5.76. The maximum absolute atomic E-state index is 10.9. The number of ether oxygens (including phenoxy) is 1. The summed E-state index contributed by atoms with van der Waals surface area (Å²) in [6.45, 7) is 5.88. The Morgan fingerprint density at radius 1 is 1.50 bits per heavy atom. The fourth-order valence-electron chi connectivity index (χ4n) is 1.54. The van der Waals surface area contributed by atoms with Crippen molar-refractivity contribution in [2.24, 2.45) is 5.73 Å². The minimum atomic E-state index is -0.416. The van der Waals surface area contributed by atoms with Crippen LogP contribution in [-0.2, 0) is 16.0 Å². The highest BCUT2D eigenvalue weighted by Crippen LogP contribution is 2.22. The third-order valence-electron chi connectivity index (χ3n) is 2.37. The molecule has 6 heteroatoms. The molecule has 0 saturated heterocycles. The topological polar surface area (TPSA) is 83.0 Å². The monoisotopic (exact) mass is 226 g/mol. The van der Waals surface area contributed by atoms with Gasteiger partial charge >= 0.3 is 0 Å². The van der Waals surface area contributed by atoms with Crippen LogP contribution in [0.2, 0.25) is 0 Å². The molecule has 6 nitrogen and oxygen atoms in total. The lowest BCUT2D eigenvalue weighted by Gasteiger charge is -2.15. The molecular formula is C10H18N4O2. The number of methoxy groups -OCH3 is 1. The van der Waals surface area contributed by atoms with Crippen molar-refractivity contribution in [3.63, 3.8) is 0 Å². The van der Waals surface area contributed by atoms with Crippen molar-refractivity contribution in [2.75, 3.05) is 7.11 Å². The predicted molar refractivity (Wildman–Crippen MR) is 58.7 cm³/mol. The Bertz CT molecular complexity index is 373. The molecule has 1 amide bonds. The summed E-state index contributed by atoms with van der Waals surface area (Å²) in [6, 6.07) is 0.168. The zero-order valence-corrected chi connectivity index (χ0v) is 10.1. The number of hydrogen-bond acceptors (Lipinski definition) is 4. The van der Waals surface area contributed by atoms with Crippen LogP contribution >= 0.6 is 0 Å². The van der Waals surface area contributed by atoms with Gasteiger partial charge in [0.15, 0.2) is 0 Å². The van der Waals surface area contributed by atoms with Crippen LogP contribution in [0.15, 0.2) is 0 Å². The summed E-state index contributed by atoms with van der Waals surface area (Å²) < 4.78 is 7.01. The molecule has 0 spiro atoms. The number of primary amides is 1. The maximum Gasteiger partial charge on any atom is 0.223 e. The van der Waals surface area contributed by atoms with E-state index in [0.29, 0.717) is 5.69 Å². The lowest BCUT2D eigenvalue weighted by atomic mass is 10.1. The van der Waals surface area contributed by atoms with Gasteiger partial charge < -0.3 is 10.5 Å². The molecule has 90 valence electrons. The lowest BCUT2D eigenvalue weighted by molar-refractivity contribution is -0.117. The van der Waals surface area contributed by atoms with Crippen LogP contribution in [0.5, 0.6) is 0 Å². The molecule has 0 bridgehead atoms. The van der Waals surface area contributed by atoms with Gasteiger partial charge in [-0.1, -0.05) is 5.21 Å². The Hall–Kier alpha value is -1.43. The van der Waals surface area contributed by atoms with Crippen molar-refractivity contribution < 1.29 is 9.53 Å². The SMILES string of the molecule is COC(C)c1c(CC(N)=O)nnn1C(C)C. The van der Waals surface area contributed by atoms with Crippen molar-refractivity contribution >= 4 is 5.91 Å². The fraction of sp³-hybridized carbons (Fsp3) is 0.700. The average Bonchev–Trinajstić information content (AvgIpc) is 2.59. The van der Waals surface area contributed by atoms with Gasteiger partial charge in [-0.15, -0.1) is 5.10 Å². The molecule has 1 unspecified atom stereocenters. The summed E-state index contributed by atoms with van der Waals surface area (Å²) in [7, 11) is 1.61. The molecule has 0 fully saturated rings. The molecule has 0 aromatic carbocycles. The highest BCUT2D eigenvalue weighted by atomic mass is 16.5. The van der Waals surface area contributed by atoms with E-state index in [1.807, 2.05) is 20.8 Å². The number of rotatable bonds is 5. The first kappa shape index (κ1) is 12.6. The quantitative estimate of drug-likeness (QED) is 0.796. The Kier molecular flexibility index (Phi) is 4.00. The smallest absolute Gasteiger partial charge is 0.223 e. The molecule has 2 N–H and O–H groups in total. The van der Waals surface area contributed by atoms with E-state index in [4.69, 9.17) is 10.5 Å². The molecule has 16 heavy (non-hydrogen) atoms. The van der Waals surface area contributed by atoms with Crippen LogP contribution in [0.1, 0.15) is 44.3 Å². The number of carbonyl (C=O) groups excluding carboxylic acids is 1. The average molecular weight is 226 g/mol. The number of amides is 1. The van der Waals surface area contributed by atoms with E-state index in [2.05, 4.69) is 10.3 Å². The summed E-state index contributed by atoms with van der Waals surface area (Å²) in [5.41, 5.74) is 6.57. The summed E-state index contributed by atoms with van der Waals surface area (Å²) >= 11 is 0. The zero-order valence-electron chi connectivity index (χ0n) is 10.1. The van der Waals surface area contributed by atoms with Gasteiger partial charge in [-0.3, -0.25) is 4.79 Å². The highest BCUT2D eigenvalue weighted by Gasteiger charge is 2.21. The van der Waals surface area contributed by atoms with Gasteiger partial charge in [0.25, 0.3) is 0 Å². The van der Waals surface area contributed by atoms with Crippen molar-refractivity contribution in [1.29, 1.82) is 0 Å². The van der Waals surface area contributed by atoms with Gasteiger partial charge in [0.1, 0.15) is 0 Å².